The van der Waals surface area contributed by atoms with Crippen LogP contribution in [0.3, 0.4) is 0 Å². The summed E-state index contributed by atoms with van der Waals surface area (Å²) in [5.41, 5.74) is 0.529. The molecule has 1 atom stereocenters. The van der Waals surface area contributed by atoms with Crippen LogP contribution in [0, 0.1) is 6.92 Å². The van der Waals surface area contributed by atoms with Crippen LogP contribution >= 0.6 is 0 Å². The molecule has 0 spiro atoms. The summed E-state index contributed by atoms with van der Waals surface area (Å²) in [6, 6.07) is 8.68. The fourth-order valence-electron chi connectivity index (χ4n) is 1.09. The quantitative estimate of drug-likeness (QED) is 0.480. The first-order valence-electron chi connectivity index (χ1n) is 4.23. The molecule has 0 aliphatic carbocycles. The number of ether oxygens (including phenoxy) is 1. The smallest absolute Gasteiger partial charge is 0.203 e. The Morgan fingerprint density at radius 2 is 1.80 bits per heavy atom. The predicted molar refractivity (Wildman–Crippen MR) is 51.7 cm³/mol. The summed E-state index contributed by atoms with van der Waals surface area (Å²) in [5, 5.41) is 0. The first-order chi connectivity index (χ1) is 6.61. The first-order valence-corrected chi connectivity index (χ1v) is 4.23. The van der Waals surface area contributed by atoms with E-state index in [1.807, 2.05) is 6.07 Å². The minimum absolute atomic E-state index is 0. The summed E-state index contributed by atoms with van der Waals surface area (Å²) in [6.07, 6.45) is -0.776. The van der Waals surface area contributed by atoms with Gasteiger partial charge in [0.2, 0.25) is 5.78 Å². The van der Waals surface area contributed by atoms with E-state index in [4.69, 9.17) is 0 Å². The maximum absolute atomic E-state index is 11.6. The van der Waals surface area contributed by atoms with Gasteiger partial charge in [0.25, 0.3) is 0 Å². The van der Waals surface area contributed by atoms with Crippen LogP contribution in [0.1, 0.15) is 17.3 Å². The van der Waals surface area contributed by atoms with E-state index in [1.54, 1.807) is 24.3 Å². The molecule has 0 bridgehead atoms. The van der Waals surface area contributed by atoms with Crippen LogP contribution in [0.5, 0.6) is 0 Å². The van der Waals surface area contributed by atoms with Crippen molar-refractivity contribution in [3.63, 3.8) is 0 Å². The van der Waals surface area contributed by atoms with Gasteiger partial charge in [-0.05, 0) is 6.92 Å². The van der Waals surface area contributed by atoms with Gasteiger partial charge < -0.3 is 4.74 Å². The molecule has 3 nitrogen and oxygen atoms in total. The number of hydrogen-bond acceptors (Lipinski definition) is 3. The minimum atomic E-state index is -0.776. The van der Waals surface area contributed by atoms with Gasteiger partial charge >= 0.3 is 0 Å². The molecule has 77 valence electrons. The molecular weight excluding hydrogens is 269 g/mol. The average Bonchev–Trinajstić information content (AvgIpc) is 2.17. The molecule has 1 unspecified atom stereocenters. The van der Waals surface area contributed by atoms with E-state index in [2.05, 4.69) is 11.7 Å². The molecule has 1 aromatic rings. The van der Waals surface area contributed by atoms with Crippen molar-refractivity contribution in [3.8, 4) is 0 Å². The van der Waals surface area contributed by atoms with Crippen molar-refractivity contribution in [2.24, 2.45) is 0 Å². The van der Waals surface area contributed by atoms with Crippen LogP contribution in [0.2, 0.25) is 0 Å². The van der Waals surface area contributed by atoms with Crippen molar-refractivity contribution in [1.82, 2.24) is 0 Å². The molecule has 15 heavy (non-hydrogen) atoms. The molecule has 0 fully saturated rings. The summed E-state index contributed by atoms with van der Waals surface area (Å²) in [5.74, 6) is -0.913. The number of hydrogen-bond donors (Lipinski definition) is 0. The normalized spacial score (nSPS) is 11.0. The van der Waals surface area contributed by atoms with Gasteiger partial charge in [-0.3, -0.25) is 16.5 Å². The minimum Gasteiger partial charge on any atom is -0.477 e. The van der Waals surface area contributed by atoms with E-state index in [1.165, 1.54) is 6.92 Å². The number of carbonyl (C=O) groups is 2. The number of carbonyl (C=O) groups excluding carboxylic acids is 2. The molecule has 0 saturated heterocycles. The Morgan fingerprint density at radius 1 is 1.27 bits per heavy atom. The average molecular weight is 280 g/mol. The number of esters is 1. The Hall–Kier alpha value is -0.666. The second-order valence-electron chi connectivity index (χ2n) is 2.86. The van der Waals surface area contributed by atoms with Gasteiger partial charge in [0.1, 0.15) is 0 Å². The van der Waals surface area contributed by atoms with Gasteiger partial charge in [-0.15, -0.1) is 0 Å². The summed E-state index contributed by atoms with van der Waals surface area (Å²) >= 11 is 0. The molecule has 1 aromatic carbocycles. The van der Waals surface area contributed by atoms with E-state index in [0.717, 1.165) is 0 Å². The molecule has 0 aliphatic heterocycles. The monoisotopic (exact) mass is 280 g/mol. The fraction of sp³-hybridized carbons (Fsp3) is 0.182. The second kappa shape index (κ2) is 6.75. The first kappa shape index (κ1) is 14.3. The summed E-state index contributed by atoms with van der Waals surface area (Å²) in [6.45, 7) is 4.57. The second-order valence-corrected chi connectivity index (χ2v) is 2.86. The number of rotatable bonds is 3. The van der Waals surface area contributed by atoms with Crippen molar-refractivity contribution < 1.29 is 47.0 Å². The van der Waals surface area contributed by atoms with E-state index in [9.17, 15) is 9.59 Å². The topological polar surface area (TPSA) is 43.4 Å². The van der Waals surface area contributed by atoms with Gasteiger partial charge in [-0.1, -0.05) is 30.3 Å². The Morgan fingerprint density at radius 3 is 2.27 bits per heavy atom. The third-order valence-corrected chi connectivity index (χ3v) is 1.74. The summed E-state index contributed by atoms with van der Waals surface area (Å²) < 4.78 is 4.67. The Bertz CT molecular complexity index is 335. The molecule has 0 heterocycles. The number of Topliss-reactive ketones (excluding diaryl/α,β-unsaturated/α-hetero) is 1. The van der Waals surface area contributed by atoms with Crippen LogP contribution in [-0.2, 0) is 42.2 Å². The largest absolute Gasteiger partial charge is 0.477 e. The van der Waals surface area contributed by atoms with E-state index in [-0.39, 0.29) is 38.5 Å². The maximum Gasteiger partial charge on any atom is 0.203 e. The van der Waals surface area contributed by atoms with Gasteiger partial charge in [0, 0.05) is 38.3 Å². The molecule has 0 saturated carbocycles. The fourth-order valence-corrected chi connectivity index (χ4v) is 1.09. The maximum atomic E-state index is 11.6. The van der Waals surface area contributed by atoms with E-state index < -0.39 is 12.1 Å². The van der Waals surface area contributed by atoms with Crippen molar-refractivity contribution in [2.75, 3.05) is 0 Å². The van der Waals surface area contributed by atoms with Crippen LogP contribution in [0.25, 0.3) is 0 Å². The van der Waals surface area contributed by atoms with Gasteiger partial charge in [-0.25, -0.2) is 0 Å². The molecule has 1 radical (unpaired) electrons. The third kappa shape index (κ3) is 4.58. The van der Waals surface area contributed by atoms with Crippen LogP contribution in [-0.4, -0.2) is 17.9 Å². The molecule has 4 heteroatoms. The van der Waals surface area contributed by atoms with Crippen molar-refractivity contribution >= 4 is 11.8 Å². The molecule has 0 amide bonds. The summed E-state index contributed by atoms with van der Waals surface area (Å²) in [4.78, 5) is 22.1. The number of ketones is 1. The molecular formula is C11H11O3Y-. The zero-order chi connectivity index (χ0) is 10.6. The van der Waals surface area contributed by atoms with Gasteiger partial charge in [0.05, 0.1) is 0 Å². The van der Waals surface area contributed by atoms with Gasteiger partial charge in [-0.2, -0.15) is 0 Å². The molecule has 1 rings (SSSR count). The summed E-state index contributed by atoms with van der Waals surface area (Å²) in [7, 11) is 0. The van der Waals surface area contributed by atoms with Crippen molar-refractivity contribution in [1.29, 1.82) is 0 Å². The van der Waals surface area contributed by atoms with Crippen LogP contribution in [0.15, 0.2) is 30.3 Å². The van der Waals surface area contributed by atoms with E-state index >= 15 is 0 Å². The molecule has 0 aromatic heterocycles. The van der Waals surface area contributed by atoms with E-state index in [0.29, 0.717) is 5.56 Å². The van der Waals surface area contributed by atoms with Crippen LogP contribution < -0.4 is 0 Å². The SMILES string of the molecule is [CH2-]C(=O)OC(C)C(=O)c1ccccc1.[Y]. The van der Waals surface area contributed by atoms with Gasteiger partial charge in [0.15, 0.2) is 12.1 Å². The molecule has 0 N–H and O–H groups in total. The Labute approximate surface area is 114 Å². The standard InChI is InChI=1S/C11H11O3.Y/c1-8(14-9(2)12)11(13)10-6-4-3-5-7-10;/h3-8H,2H2,1H3;/q-1;. The van der Waals surface area contributed by atoms with Crippen molar-refractivity contribution in [3.05, 3.63) is 42.8 Å². The Kier molecular flexibility index (Phi) is 6.45. The number of benzene rings is 1. The Balaban J connectivity index is 0.00000196. The molecule has 0 aliphatic rings. The zero-order valence-electron chi connectivity index (χ0n) is 8.47. The zero-order valence-corrected chi connectivity index (χ0v) is 11.3. The third-order valence-electron chi connectivity index (χ3n) is 1.74. The van der Waals surface area contributed by atoms with Crippen LogP contribution in [0.4, 0.5) is 0 Å². The van der Waals surface area contributed by atoms with Crippen molar-refractivity contribution in [2.45, 2.75) is 13.0 Å². The predicted octanol–water partition coefficient (Wildman–Crippen LogP) is 1.63.